The van der Waals surface area contributed by atoms with Crippen LogP contribution in [0.15, 0.2) is 36.7 Å². The number of benzene rings is 1. The Morgan fingerprint density at radius 1 is 1.05 bits per heavy atom. The summed E-state index contributed by atoms with van der Waals surface area (Å²) in [6, 6.07) is 9.84. The smallest absolute Gasteiger partial charge is 0.131 e. The number of hydrogen-bond acceptors (Lipinski definition) is 4. The van der Waals surface area contributed by atoms with Crippen LogP contribution in [0.2, 0.25) is 5.02 Å². The van der Waals surface area contributed by atoms with Crippen molar-refractivity contribution < 1.29 is 0 Å². The largest absolute Gasteiger partial charge is 0.370 e. The molecule has 0 amide bonds. The molecule has 0 atom stereocenters. The van der Waals surface area contributed by atoms with E-state index in [0.717, 1.165) is 36.2 Å². The molecule has 1 aromatic carbocycles. The minimum atomic E-state index is 0.585. The van der Waals surface area contributed by atoms with E-state index in [0.29, 0.717) is 5.92 Å². The van der Waals surface area contributed by atoms with Crippen molar-refractivity contribution in [1.29, 1.82) is 0 Å². The second kappa shape index (κ2) is 7.84. The van der Waals surface area contributed by atoms with E-state index in [4.69, 9.17) is 11.6 Å². The van der Waals surface area contributed by atoms with Crippen LogP contribution in [0.4, 0.5) is 11.6 Å². The molecule has 5 heteroatoms. The molecular weight excluding hydrogens is 284 g/mol. The molecule has 0 saturated carbocycles. The topological polar surface area (TPSA) is 49.8 Å². The summed E-state index contributed by atoms with van der Waals surface area (Å²) in [5.41, 5.74) is 1.25. The molecule has 0 unspecified atom stereocenters. The standard InChI is InChI=1S/C16H21ClN4/c1-12(2)10-19-16-9-15(20-11-21-16)18-8-7-13-3-5-14(17)6-4-13/h3-6,9,11-12H,7-8,10H2,1-2H3,(H2,18,19,20,21). The molecule has 1 heterocycles. The number of nitrogens with one attached hydrogen (secondary N) is 2. The molecular formula is C16H21ClN4. The average molecular weight is 305 g/mol. The summed E-state index contributed by atoms with van der Waals surface area (Å²) in [5.74, 6) is 2.28. The molecule has 2 N–H and O–H groups in total. The van der Waals surface area contributed by atoms with E-state index < -0.39 is 0 Å². The van der Waals surface area contributed by atoms with Crippen molar-refractivity contribution in [3.63, 3.8) is 0 Å². The van der Waals surface area contributed by atoms with E-state index in [1.165, 1.54) is 5.56 Å². The van der Waals surface area contributed by atoms with Gasteiger partial charge in [-0.25, -0.2) is 9.97 Å². The van der Waals surface area contributed by atoms with Gasteiger partial charge in [0, 0.05) is 24.2 Å². The summed E-state index contributed by atoms with van der Waals surface area (Å²) < 4.78 is 0. The van der Waals surface area contributed by atoms with E-state index in [1.807, 2.05) is 30.3 Å². The highest BCUT2D eigenvalue weighted by molar-refractivity contribution is 6.30. The van der Waals surface area contributed by atoms with Crippen molar-refractivity contribution >= 4 is 23.2 Å². The monoisotopic (exact) mass is 304 g/mol. The number of rotatable bonds is 7. The number of hydrogen-bond donors (Lipinski definition) is 2. The van der Waals surface area contributed by atoms with E-state index in [-0.39, 0.29) is 0 Å². The molecule has 21 heavy (non-hydrogen) atoms. The minimum absolute atomic E-state index is 0.585. The molecule has 1 aromatic heterocycles. The van der Waals surface area contributed by atoms with Crippen molar-refractivity contribution in [1.82, 2.24) is 9.97 Å². The normalized spacial score (nSPS) is 10.7. The molecule has 2 aromatic rings. The van der Waals surface area contributed by atoms with Crippen LogP contribution in [-0.4, -0.2) is 23.1 Å². The van der Waals surface area contributed by atoms with Gasteiger partial charge < -0.3 is 10.6 Å². The highest BCUT2D eigenvalue weighted by Crippen LogP contribution is 2.11. The molecule has 112 valence electrons. The Balaban J connectivity index is 1.82. The van der Waals surface area contributed by atoms with Gasteiger partial charge in [-0.1, -0.05) is 37.6 Å². The zero-order valence-corrected chi connectivity index (χ0v) is 13.2. The second-order valence-electron chi connectivity index (χ2n) is 5.37. The highest BCUT2D eigenvalue weighted by Gasteiger charge is 2.00. The number of nitrogens with zero attached hydrogens (tertiary/aromatic N) is 2. The maximum atomic E-state index is 5.87. The summed E-state index contributed by atoms with van der Waals surface area (Å²) in [7, 11) is 0. The SMILES string of the molecule is CC(C)CNc1cc(NCCc2ccc(Cl)cc2)ncn1. The van der Waals surface area contributed by atoms with Crippen LogP contribution in [0.1, 0.15) is 19.4 Å². The molecule has 0 aliphatic heterocycles. The number of anilines is 2. The predicted molar refractivity (Wildman–Crippen MR) is 89.0 cm³/mol. The first kappa shape index (κ1) is 15.6. The minimum Gasteiger partial charge on any atom is -0.370 e. The Morgan fingerprint density at radius 3 is 2.38 bits per heavy atom. The van der Waals surface area contributed by atoms with E-state index in [2.05, 4.69) is 34.4 Å². The van der Waals surface area contributed by atoms with Crippen LogP contribution in [0, 0.1) is 5.92 Å². The Kier molecular flexibility index (Phi) is 5.81. The molecule has 0 saturated heterocycles. The predicted octanol–water partition coefficient (Wildman–Crippen LogP) is 3.85. The zero-order valence-electron chi connectivity index (χ0n) is 12.4. The van der Waals surface area contributed by atoms with Crippen molar-refractivity contribution in [3.05, 3.63) is 47.2 Å². The molecule has 0 fully saturated rings. The first-order chi connectivity index (χ1) is 10.1. The third kappa shape index (κ3) is 5.60. The average Bonchev–Trinajstić information content (AvgIpc) is 2.48. The van der Waals surface area contributed by atoms with Gasteiger partial charge in [-0.15, -0.1) is 0 Å². The van der Waals surface area contributed by atoms with E-state index in [9.17, 15) is 0 Å². The van der Waals surface area contributed by atoms with Crippen LogP contribution in [-0.2, 0) is 6.42 Å². The lowest BCUT2D eigenvalue weighted by atomic mass is 10.1. The zero-order chi connectivity index (χ0) is 15.1. The summed E-state index contributed by atoms with van der Waals surface area (Å²) in [6.07, 6.45) is 2.50. The van der Waals surface area contributed by atoms with Gasteiger partial charge in [0.1, 0.15) is 18.0 Å². The summed E-state index contributed by atoms with van der Waals surface area (Å²) in [5, 5.41) is 7.37. The molecule has 0 aliphatic carbocycles. The molecule has 0 bridgehead atoms. The van der Waals surface area contributed by atoms with Gasteiger partial charge in [-0.05, 0) is 30.0 Å². The fraction of sp³-hybridized carbons (Fsp3) is 0.375. The quantitative estimate of drug-likeness (QED) is 0.815. The van der Waals surface area contributed by atoms with Crippen molar-refractivity contribution in [2.45, 2.75) is 20.3 Å². The highest BCUT2D eigenvalue weighted by atomic mass is 35.5. The van der Waals surface area contributed by atoms with Gasteiger partial charge in [0.05, 0.1) is 0 Å². The third-order valence-electron chi connectivity index (χ3n) is 2.99. The summed E-state index contributed by atoms with van der Waals surface area (Å²) in [6.45, 7) is 6.06. The molecule has 4 nitrogen and oxygen atoms in total. The fourth-order valence-electron chi connectivity index (χ4n) is 1.85. The molecule has 0 aliphatic rings. The van der Waals surface area contributed by atoms with Crippen LogP contribution in [0.3, 0.4) is 0 Å². The van der Waals surface area contributed by atoms with Gasteiger partial charge >= 0.3 is 0 Å². The van der Waals surface area contributed by atoms with Crippen LogP contribution in [0.5, 0.6) is 0 Å². The maximum Gasteiger partial charge on any atom is 0.131 e. The summed E-state index contributed by atoms with van der Waals surface area (Å²) >= 11 is 5.87. The van der Waals surface area contributed by atoms with Crippen LogP contribution in [0.25, 0.3) is 0 Å². The molecule has 0 spiro atoms. The van der Waals surface area contributed by atoms with Gasteiger partial charge in [0.15, 0.2) is 0 Å². The molecule has 0 radical (unpaired) electrons. The Hall–Kier alpha value is -1.81. The number of halogens is 1. The first-order valence-corrected chi connectivity index (χ1v) is 7.55. The number of aromatic nitrogens is 2. The van der Waals surface area contributed by atoms with E-state index >= 15 is 0 Å². The van der Waals surface area contributed by atoms with Crippen molar-refractivity contribution in [2.24, 2.45) is 5.92 Å². The van der Waals surface area contributed by atoms with Gasteiger partial charge in [-0.2, -0.15) is 0 Å². The van der Waals surface area contributed by atoms with Gasteiger partial charge in [0.25, 0.3) is 0 Å². The Bertz CT molecular complexity index is 554. The lowest BCUT2D eigenvalue weighted by Gasteiger charge is -2.10. The fourth-order valence-corrected chi connectivity index (χ4v) is 1.97. The lowest BCUT2D eigenvalue weighted by molar-refractivity contribution is 0.687. The van der Waals surface area contributed by atoms with Gasteiger partial charge in [-0.3, -0.25) is 0 Å². The Labute approximate surface area is 131 Å². The van der Waals surface area contributed by atoms with Crippen molar-refractivity contribution in [3.8, 4) is 0 Å². The van der Waals surface area contributed by atoms with Crippen LogP contribution >= 0.6 is 11.6 Å². The van der Waals surface area contributed by atoms with Crippen LogP contribution < -0.4 is 10.6 Å². The van der Waals surface area contributed by atoms with Crippen molar-refractivity contribution in [2.75, 3.05) is 23.7 Å². The third-order valence-corrected chi connectivity index (χ3v) is 3.24. The first-order valence-electron chi connectivity index (χ1n) is 7.17. The lowest BCUT2D eigenvalue weighted by Crippen LogP contribution is -2.11. The maximum absolute atomic E-state index is 5.87. The summed E-state index contributed by atoms with van der Waals surface area (Å²) in [4.78, 5) is 8.44. The van der Waals surface area contributed by atoms with E-state index in [1.54, 1.807) is 6.33 Å². The Morgan fingerprint density at radius 2 is 1.71 bits per heavy atom. The molecule has 2 rings (SSSR count). The second-order valence-corrected chi connectivity index (χ2v) is 5.80. The van der Waals surface area contributed by atoms with Gasteiger partial charge in [0.2, 0.25) is 0 Å².